The van der Waals surface area contributed by atoms with Gasteiger partial charge in [0, 0.05) is 11.9 Å². The Morgan fingerprint density at radius 2 is 1.77 bits per heavy atom. The lowest BCUT2D eigenvalue weighted by Gasteiger charge is -2.10. The standard InChI is InChI=1S/C25H21N3O3/c1-3-16-4-8-18(9-5-16)20-12-13-21-22(14-20)27-25(30)28-23(21)26-15-17-6-10-19(11-7-17)24(29)31-2/h3-14H,1,15H2,2H3,(H2,26,27,28,30). The summed E-state index contributed by atoms with van der Waals surface area (Å²) in [5.41, 5.74) is 4.80. The van der Waals surface area contributed by atoms with Gasteiger partial charge in [-0.15, -0.1) is 0 Å². The summed E-state index contributed by atoms with van der Waals surface area (Å²) >= 11 is 0. The van der Waals surface area contributed by atoms with E-state index in [0.717, 1.165) is 27.6 Å². The van der Waals surface area contributed by atoms with Crippen molar-refractivity contribution in [2.75, 3.05) is 12.4 Å². The number of hydrogen-bond donors (Lipinski definition) is 2. The average molecular weight is 411 g/mol. The molecule has 0 saturated carbocycles. The molecule has 6 nitrogen and oxygen atoms in total. The van der Waals surface area contributed by atoms with Crippen LogP contribution in [0.3, 0.4) is 0 Å². The van der Waals surface area contributed by atoms with Crippen LogP contribution in [0.15, 0.2) is 78.1 Å². The first-order valence-corrected chi connectivity index (χ1v) is 9.75. The molecule has 0 bridgehead atoms. The second kappa shape index (κ2) is 8.67. The Bertz CT molecular complexity index is 1310. The third kappa shape index (κ3) is 4.38. The van der Waals surface area contributed by atoms with E-state index >= 15 is 0 Å². The highest BCUT2D eigenvalue weighted by Crippen LogP contribution is 2.26. The van der Waals surface area contributed by atoms with E-state index in [2.05, 4.69) is 21.9 Å². The van der Waals surface area contributed by atoms with Crippen LogP contribution < -0.4 is 11.0 Å². The molecule has 0 saturated heterocycles. The fourth-order valence-electron chi connectivity index (χ4n) is 3.35. The van der Waals surface area contributed by atoms with Crippen molar-refractivity contribution in [1.29, 1.82) is 0 Å². The molecular formula is C25H21N3O3. The molecule has 2 N–H and O–H groups in total. The molecule has 0 atom stereocenters. The number of ether oxygens (including phenoxy) is 1. The quantitative estimate of drug-likeness (QED) is 0.452. The third-order valence-electron chi connectivity index (χ3n) is 5.04. The Kier molecular flexibility index (Phi) is 5.62. The molecule has 0 spiro atoms. The van der Waals surface area contributed by atoms with Crippen LogP contribution in [0.2, 0.25) is 0 Å². The molecule has 6 heteroatoms. The van der Waals surface area contributed by atoms with Crippen LogP contribution in [0, 0.1) is 0 Å². The molecule has 4 aromatic rings. The van der Waals surface area contributed by atoms with Crippen molar-refractivity contribution in [2.45, 2.75) is 6.54 Å². The highest BCUT2D eigenvalue weighted by Gasteiger charge is 2.08. The zero-order valence-corrected chi connectivity index (χ0v) is 17.0. The van der Waals surface area contributed by atoms with Crippen LogP contribution in [-0.2, 0) is 11.3 Å². The molecule has 31 heavy (non-hydrogen) atoms. The van der Waals surface area contributed by atoms with Gasteiger partial charge in [-0.2, -0.15) is 4.98 Å². The number of nitrogens with one attached hydrogen (secondary N) is 2. The summed E-state index contributed by atoms with van der Waals surface area (Å²) in [5, 5.41) is 4.04. The van der Waals surface area contributed by atoms with Crippen LogP contribution in [0.4, 0.5) is 5.82 Å². The van der Waals surface area contributed by atoms with Crippen LogP contribution in [-0.4, -0.2) is 23.0 Å². The fourth-order valence-corrected chi connectivity index (χ4v) is 3.35. The van der Waals surface area contributed by atoms with Crippen molar-refractivity contribution in [3.63, 3.8) is 0 Å². The summed E-state index contributed by atoms with van der Waals surface area (Å²) in [6.07, 6.45) is 1.80. The lowest BCUT2D eigenvalue weighted by Crippen LogP contribution is -2.14. The number of aromatic nitrogens is 2. The summed E-state index contributed by atoms with van der Waals surface area (Å²) in [6, 6.07) is 21.0. The van der Waals surface area contributed by atoms with Crippen molar-refractivity contribution >= 4 is 28.8 Å². The first-order chi connectivity index (χ1) is 15.1. The van der Waals surface area contributed by atoms with Gasteiger partial charge in [0.1, 0.15) is 5.82 Å². The number of carbonyl (C=O) groups excluding carboxylic acids is 1. The highest BCUT2D eigenvalue weighted by atomic mass is 16.5. The van der Waals surface area contributed by atoms with Gasteiger partial charge in [0.15, 0.2) is 0 Å². The van der Waals surface area contributed by atoms with Crippen LogP contribution in [0.5, 0.6) is 0 Å². The van der Waals surface area contributed by atoms with Crippen molar-refractivity contribution < 1.29 is 9.53 Å². The summed E-state index contributed by atoms with van der Waals surface area (Å²) in [6.45, 7) is 4.23. The number of aromatic amines is 1. The Morgan fingerprint density at radius 1 is 1.06 bits per heavy atom. The summed E-state index contributed by atoms with van der Waals surface area (Å²) in [5.74, 6) is 0.126. The monoisotopic (exact) mass is 411 g/mol. The van der Waals surface area contributed by atoms with Gasteiger partial charge in [-0.3, -0.25) is 0 Å². The minimum atomic E-state index is -0.421. The molecule has 0 aliphatic rings. The number of benzene rings is 3. The Morgan fingerprint density at radius 3 is 2.45 bits per heavy atom. The van der Waals surface area contributed by atoms with Gasteiger partial charge in [0.05, 0.1) is 18.2 Å². The number of rotatable bonds is 6. The molecular weight excluding hydrogens is 390 g/mol. The molecule has 0 aliphatic heterocycles. The predicted molar refractivity (Wildman–Crippen MR) is 123 cm³/mol. The van der Waals surface area contributed by atoms with E-state index in [-0.39, 0.29) is 5.97 Å². The minimum absolute atomic E-state index is 0.378. The second-order valence-corrected chi connectivity index (χ2v) is 7.02. The molecule has 3 aromatic carbocycles. The number of fused-ring (bicyclic) bond motifs is 1. The Labute approximate surface area is 179 Å². The van der Waals surface area contributed by atoms with Gasteiger partial charge < -0.3 is 15.0 Å². The summed E-state index contributed by atoms with van der Waals surface area (Å²) in [7, 11) is 1.35. The van der Waals surface area contributed by atoms with Crippen molar-refractivity contribution in [1.82, 2.24) is 9.97 Å². The van der Waals surface area contributed by atoms with Gasteiger partial charge in [-0.05, 0) is 46.5 Å². The normalized spacial score (nSPS) is 10.6. The smallest absolute Gasteiger partial charge is 0.347 e. The lowest BCUT2D eigenvalue weighted by atomic mass is 10.0. The SMILES string of the molecule is C=Cc1ccc(-c2ccc3c(NCc4ccc(C(=O)OC)cc4)nc(=O)[nH]c3c2)cc1. The number of esters is 1. The van der Waals surface area contributed by atoms with Crippen LogP contribution >= 0.6 is 0 Å². The number of methoxy groups -OCH3 is 1. The van der Waals surface area contributed by atoms with Crippen molar-refractivity contribution in [2.24, 2.45) is 0 Å². The molecule has 154 valence electrons. The number of nitrogens with zero attached hydrogens (tertiary/aromatic N) is 1. The first-order valence-electron chi connectivity index (χ1n) is 9.75. The molecule has 0 amide bonds. The maximum atomic E-state index is 12.1. The molecule has 1 aromatic heterocycles. The maximum absolute atomic E-state index is 12.1. The number of anilines is 1. The molecule has 0 aliphatic carbocycles. The number of carbonyl (C=O) groups is 1. The predicted octanol–water partition coefficient (Wildman–Crippen LogP) is 4.63. The van der Waals surface area contributed by atoms with E-state index in [1.165, 1.54) is 7.11 Å². The summed E-state index contributed by atoms with van der Waals surface area (Å²) < 4.78 is 4.71. The van der Waals surface area contributed by atoms with Gasteiger partial charge >= 0.3 is 11.7 Å². The van der Waals surface area contributed by atoms with Crippen LogP contribution in [0.1, 0.15) is 21.5 Å². The van der Waals surface area contributed by atoms with E-state index in [9.17, 15) is 9.59 Å². The zero-order chi connectivity index (χ0) is 21.8. The van der Waals surface area contributed by atoms with E-state index in [4.69, 9.17) is 4.74 Å². The van der Waals surface area contributed by atoms with E-state index in [1.54, 1.807) is 18.2 Å². The lowest BCUT2D eigenvalue weighted by molar-refractivity contribution is 0.0600. The molecule has 0 radical (unpaired) electrons. The second-order valence-electron chi connectivity index (χ2n) is 7.02. The number of H-pyrrole nitrogens is 1. The van der Waals surface area contributed by atoms with E-state index in [0.29, 0.717) is 23.4 Å². The average Bonchev–Trinajstić information content (AvgIpc) is 2.82. The molecule has 4 rings (SSSR count). The largest absolute Gasteiger partial charge is 0.465 e. The van der Waals surface area contributed by atoms with E-state index < -0.39 is 5.69 Å². The topological polar surface area (TPSA) is 84.1 Å². The maximum Gasteiger partial charge on any atom is 0.347 e. The minimum Gasteiger partial charge on any atom is -0.465 e. The fraction of sp³-hybridized carbons (Fsp3) is 0.0800. The van der Waals surface area contributed by atoms with Gasteiger partial charge in [-0.1, -0.05) is 55.1 Å². The number of hydrogen-bond acceptors (Lipinski definition) is 5. The van der Waals surface area contributed by atoms with Crippen molar-refractivity contribution in [3.8, 4) is 11.1 Å². The first kappa shape index (κ1) is 20.1. The van der Waals surface area contributed by atoms with E-state index in [1.807, 2.05) is 54.6 Å². The van der Waals surface area contributed by atoms with Gasteiger partial charge in [-0.25, -0.2) is 9.59 Å². The zero-order valence-electron chi connectivity index (χ0n) is 17.0. The molecule has 0 unspecified atom stereocenters. The van der Waals surface area contributed by atoms with Crippen LogP contribution in [0.25, 0.3) is 28.1 Å². The Hall–Kier alpha value is -4.19. The van der Waals surface area contributed by atoms with Crippen molar-refractivity contribution in [3.05, 3.63) is 100 Å². The highest BCUT2D eigenvalue weighted by molar-refractivity contribution is 5.92. The Balaban J connectivity index is 1.60. The molecule has 0 fully saturated rings. The molecule has 1 heterocycles. The van der Waals surface area contributed by atoms with Gasteiger partial charge in [0.2, 0.25) is 0 Å². The van der Waals surface area contributed by atoms with Gasteiger partial charge in [0.25, 0.3) is 0 Å². The summed E-state index contributed by atoms with van der Waals surface area (Å²) in [4.78, 5) is 30.6. The third-order valence-corrected chi connectivity index (χ3v) is 5.04.